The molecule has 0 aliphatic carbocycles. The van der Waals surface area contributed by atoms with Crippen LogP contribution < -0.4 is 0 Å². The van der Waals surface area contributed by atoms with Crippen molar-refractivity contribution in [3.05, 3.63) is 35.9 Å². The van der Waals surface area contributed by atoms with Crippen LogP contribution >= 0.6 is 0 Å². The van der Waals surface area contributed by atoms with E-state index in [1.54, 1.807) is 17.0 Å². The number of hydrogen-bond donors (Lipinski definition) is 0. The highest BCUT2D eigenvalue weighted by molar-refractivity contribution is 5.97. The quantitative estimate of drug-likeness (QED) is 0.802. The molecule has 4 heteroatoms. The Labute approximate surface area is 131 Å². The molecule has 0 spiro atoms. The Morgan fingerprint density at radius 1 is 1.27 bits per heavy atom. The molecule has 4 nitrogen and oxygen atoms in total. The van der Waals surface area contributed by atoms with E-state index in [2.05, 4.69) is 6.07 Å². The Hall–Kier alpha value is -2.15. The highest BCUT2D eigenvalue weighted by Gasteiger charge is 2.39. The normalized spacial score (nSPS) is 20.2. The van der Waals surface area contributed by atoms with Gasteiger partial charge in [0, 0.05) is 24.9 Å². The molecule has 0 bridgehead atoms. The molecule has 1 aromatic rings. The van der Waals surface area contributed by atoms with Crippen molar-refractivity contribution in [1.82, 2.24) is 4.90 Å². The average molecular weight is 298 g/mol. The van der Waals surface area contributed by atoms with Gasteiger partial charge < -0.3 is 4.90 Å². The summed E-state index contributed by atoms with van der Waals surface area (Å²) in [4.78, 5) is 26.1. The summed E-state index contributed by atoms with van der Waals surface area (Å²) in [5.74, 6) is -0.123. The Morgan fingerprint density at radius 2 is 1.95 bits per heavy atom. The largest absolute Gasteiger partial charge is 0.326 e. The number of benzene rings is 1. The monoisotopic (exact) mass is 298 g/mol. The smallest absolute Gasteiger partial charge is 0.224 e. The summed E-state index contributed by atoms with van der Waals surface area (Å²) in [6, 6.07) is 10.9. The number of nitrogens with zero attached hydrogens (tertiary/aromatic N) is 2. The number of carbonyl (C=O) groups is 2. The van der Waals surface area contributed by atoms with Crippen molar-refractivity contribution in [3.63, 3.8) is 0 Å². The first-order valence-electron chi connectivity index (χ1n) is 7.73. The van der Waals surface area contributed by atoms with Gasteiger partial charge in [-0.1, -0.05) is 44.2 Å². The Morgan fingerprint density at radius 3 is 2.59 bits per heavy atom. The summed E-state index contributed by atoms with van der Waals surface area (Å²) in [5, 5.41) is 9.39. The molecule has 0 radical (unpaired) electrons. The van der Waals surface area contributed by atoms with Crippen LogP contribution in [-0.2, 0) is 4.79 Å². The van der Waals surface area contributed by atoms with E-state index in [0.717, 1.165) is 12.8 Å². The van der Waals surface area contributed by atoms with Crippen molar-refractivity contribution < 1.29 is 9.59 Å². The van der Waals surface area contributed by atoms with Gasteiger partial charge in [0.15, 0.2) is 5.78 Å². The van der Waals surface area contributed by atoms with E-state index in [9.17, 15) is 14.9 Å². The summed E-state index contributed by atoms with van der Waals surface area (Å²) >= 11 is 0. The van der Waals surface area contributed by atoms with Gasteiger partial charge in [0.25, 0.3) is 0 Å². The van der Waals surface area contributed by atoms with Crippen LogP contribution in [0.2, 0.25) is 0 Å². The van der Waals surface area contributed by atoms with Crippen LogP contribution in [-0.4, -0.2) is 29.2 Å². The first-order chi connectivity index (χ1) is 10.5. The van der Waals surface area contributed by atoms with Gasteiger partial charge >= 0.3 is 0 Å². The van der Waals surface area contributed by atoms with Gasteiger partial charge in [0.1, 0.15) is 6.04 Å². The third-order valence-electron chi connectivity index (χ3n) is 4.38. The van der Waals surface area contributed by atoms with Crippen molar-refractivity contribution >= 4 is 11.7 Å². The standard InChI is InChI=1S/C18H22N2O2/c1-18(2)11-6-12-20(16(18)13-19)17(22)10-9-15(21)14-7-4-3-5-8-14/h3-5,7-8,16H,6,9-12H2,1-2H3/t16-/m0/s1. The number of rotatable bonds is 4. The molecule has 1 aliphatic rings. The van der Waals surface area contributed by atoms with Gasteiger partial charge in [-0.05, 0) is 18.3 Å². The molecule has 1 heterocycles. The number of piperidine rings is 1. The van der Waals surface area contributed by atoms with E-state index in [0.29, 0.717) is 12.1 Å². The third kappa shape index (κ3) is 3.54. The predicted octanol–water partition coefficient (Wildman–Crippen LogP) is 3.19. The highest BCUT2D eigenvalue weighted by atomic mass is 16.2. The van der Waals surface area contributed by atoms with Crippen molar-refractivity contribution in [2.24, 2.45) is 5.41 Å². The minimum absolute atomic E-state index is 0.0290. The Balaban J connectivity index is 1.97. The molecule has 0 saturated carbocycles. The van der Waals surface area contributed by atoms with Crippen molar-refractivity contribution in [1.29, 1.82) is 5.26 Å². The fourth-order valence-corrected chi connectivity index (χ4v) is 3.04. The number of nitriles is 1. The summed E-state index contributed by atoms with van der Waals surface area (Å²) in [6.07, 6.45) is 2.21. The fraction of sp³-hybridized carbons (Fsp3) is 0.500. The van der Waals surface area contributed by atoms with Crippen LogP contribution in [0.1, 0.15) is 49.9 Å². The zero-order valence-corrected chi connectivity index (χ0v) is 13.2. The second kappa shape index (κ2) is 6.74. The number of amides is 1. The van der Waals surface area contributed by atoms with Gasteiger partial charge in [-0.25, -0.2) is 0 Å². The molecular weight excluding hydrogens is 276 g/mol. The summed E-state index contributed by atoms with van der Waals surface area (Å²) in [6.45, 7) is 4.66. The van der Waals surface area contributed by atoms with Crippen molar-refractivity contribution in [3.8, 4) is 6.07 Å². The van der Waals surface area contributed by atoms with Crippen LogP contribution in [0.3, 0.4) is 0 Å². The molecule has 1 aliphatic heterocycles. The molecule has 1 amide bonds. The third-order valence-corrected chi connectivity index (χ3v) is 4.38. The molecule has 0 aromatic heterocycles. The molecule has 0 N–H and O–H groups in total. The van der Waals surface area contributed by atoms with Crippen LogP contribution in [0.25, 0.3) is 0 Å². The lowest BCUT2D eigenvalue weighted by atomic mass is 9.77. The maximum absolute atomic E-state index is 12.4. The summed E-state index contributed by atoms with van der Waals surface area (Å²) in [5.41, 5.74) is 0.442. The maximum Gasteiger partial charge on any atom is 0.224 e. The topological polar surface area (TPSA) is 61.2 Å². The average Bonchev–Trinajstić information content (AvgIpc) is 2.52. The number of ketones is 1. The van der Waals surface area contributed by atoms with E-state index in [-0.39, 0.29) is 29.9 Å². The molecule has 1 aromatic carbocycles. The highest BCUT2D eigenvalue weighted by Crippen LogP contribution is 2.35. The van der Waals surface area contributed by atoms with Crippen LogP contribution in [0, 0.1) is 16.7 Å². The second-order valence-electron chi connectivity index (χ2n) is 6.50. The molecule has 1 saturated heterocycles. The number of carbonyl (C=O) groups excluding carboxylic acids is 2. The minimum atomic E-state index is -0.402. The maximum atomic E-state index is 12.4. The lowest BCUT2D eigenvalue weighted by Gasteiger charge is -2.42. The minimum Gasteiger partial charge on any atom is -0.326 e. The zero-order valence-electron chi connectivity index (χ0n) is 13.2. The van der Waals surface area contributed by atoms with E-state index in [1.807, 2.05) is 32.0 Å². The molecule has 2 rings (SSSR count). The van der Waals surface area contributed by atoms with E-state index < -0.39 is 6.04 Å². The second-order valence-corrected chi connectivity index (χ2v) is 6.50. The lowest BCUT2D eigenvalue weighted by molar-refractivity contribution is -0.136. The first kappa shape index (κ1) is 16.2. The van der Waals surface area contributed by atoms with E-state index in [4.69, 9.17) is 0 Å². The number of likely N-dealkylation sites (tertiary alicyclic amines) is 1. The Kier molecular flexibility index (Phi) is 4.97. The molecular formula is C18H22N2O2. The Bertz CT molecular complexity index is 587. The van der Waals surface area contributed by atoms with Gasteiger partial charge in [-0.2, -0.15) is 5.26 Å². The summed E-state index contributed by atoms with van der Waals surface area (Å²) < 4.78 is 0. The molecule has 22 heavy (non-hydrogen) atoms. The first-order valence-corrected chi connectivity index (χ1v) is 7.73. The van der Waals surface area contributed by atoms with Crippen LogP contribution in [0.15, 0.2) is 30.3 Å². The molecule has 1 atom stereocenters. The van der Waals surface area contributed by atoms with Crippen molar-refractivity contribution in [2.75, 3.05) is 6.54 Å². The lowest BCUT2D eigenvalue weighted by Crippen LogP contribution is -2.51. The molecule has 116 valence electrons. The van der Waals surface area contributed by atoms with Crippen LogP contribution in [0.4, 0.5) is 0 Å². The zero-order chi connectivity index (χ0) is 16.2. The van der Waals surface area contributed by atoms with Gasteiger partial charge in [-0.15, -0.1) is 0 Å². The molecule has 1 fully saturated rings. The van der Waals surface area contributed by atoms with Gasteiger partial charge in [-0.3, -0.25) is 9.59 Å². The predicted molar refractivity (Wildman–Crippen MR) is 84.1 cm³/mol. The number of Topliss-reactive ketones (excluding diaryl/α,β-unsaturated/α-hetero) is 1. The SMILES string of the molecule is CC1(C)CCCN(C(=O)CCC(=O)c2ccccc2)[C@H]1C#N. The number of hydrogen-bond acceptors (Lipinski definition) is 3. The van der Waals surface area contributed by atoms with Crippen LogP contribution in [0.5, 0.6) is 0 Å². The van der Waals surface area contributed by atoms with E-state index >= 15 is 0 Å². The van der Waals surface area contributed by atoms with Gasteiger partial charge in [0.05, 0.1) is 6.07 Å². The molecule has 0 unspecified atom stereocenters. The summed E-state index contributed by atoms with van der Waals surface area (Å²) in [7, 11) is 0. The van der Waals surface area contributed by atoms with Gasteiger partial charge in [0.2, 0.25) is 5.91 Å². The van der Waals surface area contributed by atoms with E-state index in [1.165, 1.54) is 0 Å². The fourth-order valence-electron chi connectivity index (χ4n) is 3.04. The van der Waals surface area contributed by atoms with Crippen molar-refractivity contribution in [2.45, 2.75) is 45.6 Å².